The molecular weight excluding hydrogens is 248 g/mol. The zero-order chi connectivity index (χ0) is 13.8. The zero-order valence-electron chi connectivity index (χ0n) is 12.0. The SMILES string of the molecule is N#Cc1cccnc1N1CCN(C2CCCCC2)CC1. The molecule has 0 unspecified atom stereocenters. The molecule has 2 aliphatic rings. The predicted octanol–water partition coefficient (Wildman–Crippen LogP) is 2.41. The standard InChI is InChI=1S/C16H22N4/c17-13-14-5-4-8-18-16(14)20-11-9-19(10-12-20)15-6-2-1-3-7-15/h4-5,8,15H,1-3,6-7,9-12H2. The molecule has 0 atom stereocenters. The number of hydrogen-bond donors (Lipinski definition) is 0. The Labute approximate surface area is 121 Å². The van der Waals surface area contributed by atoms with Gasteiger partial charge in [0.1, 0.15) is 11.9 Å². The number of nitriles is 1. The van der Waals surface area contributed by atoms with E-state index in [4.69, 9.17) is 0 Å². The third-order valence-corrected chi connectivity index (χ3v) is 4.61. The van der Waals surface area contributed by atoms with Crippen molar-refractivity contribution in [3.05, 3.63) is 23.9 Å². The van der Waals surface area contributed by atoms with E-state index in [2.05, 4.69) is 20.9 Å². The molecule has 20 heavy (non-hydrogen) atoms. The quantitative estimate of drug-likeness (QED) is 0.827. The Morgan fingerprint density at radius 1 is 1.10 bits per heavy atom. The normalized spacial score (nSPS) is 21.6. The van der Waals surface area contributed by atoms with Gasteiger partial charge in [-0.3, -0.25) is 4.90 Å². The first-order chi connectivity index (χ1) is 9.88. The summed E-state index contributed by atoms with van der Waals surface area (Å²) >= 11 is 0. The Bertz CT molecular complexity index is 479. The molecule has 4 nitrogen and oxygen atoms in total. The molecule has 3 rings (SSSR count). The van der Waals surface area contributed by atoms with E-state index in [-0.39, 0.29) is 0 Å². The molecule has 106 valence electrons. The highest BCUT2D eigenvalue weighted by Gasteiger charge is 2.26. The van der Waals surface area contributed by atoms with Crippen molar-refractivity contribution in [2.45, 2.75) is 38.1 Å². The molecule has 0 N–H and O–H groups in total. The van der Waals surface area contributed by atoms with E-state index in [1.54, 1.807) is 6.20 Å². The van der Waals surface area contributed by atoms with E-state index in [1.807, 2.05) is 12.1 Å². The van der Waals surface area contributed by atoms with Gasteiger partial charge in [0.05, 0.1) is 5.56 Å². The molecule has 0 bridgehead atoms. The minimum Gasteiger partial charge on any atom is -0.353 e. The van der Waals surface area contributed by atoms with Crippen molar-refractivity contribution < 1.29 is 0 Å². The molecule has 1 aromatic rings. The average Bonchev–Trinajstić information content (AvgIpc) is 2.56. The molecule has 1 saturated carbocycles. The molecule has 1 aliphatic heterocycles. The van der Waals surface area contributed by atoms with Crippen molar-refractivity contribution in [3.8, 4) is 6.07 Å². The molecule has 0 radical (unpaired) electrons. The predicted molar refractivity (Wildman–Crippen MR) is 79.6 cm³/mol. The number of piperazine rings is 1. The van der Waals surface area contributed by atoms with Crippen LogP contribution in [0, 0.1) is 11.3 Å². The third kappa shape index (κ3) is 2.78. The lowest BCUT2D eigenvalue weighted by Crippen LogP contribution is -2.51. The largest absolute Gasteiger partial charge is 0.353 e. The monoisotopic (exact) mass is 270 g/mol. The van der Waals surface area contributed by atoms with Crippen LogP contribution < -0.4 is 4.90 Å². The summed E-state index contributed by atoms with van der Waals surface area (Å²) < 4.78 is 0. The van der Waals surface area contributed by atoms with Gasteiger partial charge in [0.25, 0.3) is 0 Å². The number of hydrogen-bond acceptors (Lipinski definition) is 4. The fourth-order valence-electron chi connectivity index (χ4n) is 3.48. The van der Waals surface area contributed by atoms with E-state index < -0.39 is 0 Å². The van der Waals surface area contributed by atoms with Gasteiger partial charge < -0.3 is 4.90 Å². The highest BCUT2D eigenvalue weighted by molar-refractivity contribution is 5.53. The first-order valence-electron chi connectivity index (χ1n) is 7.72. The van der Waals surface area contributed by atoms with E-state index in [1.165, 1.54) is 32.1 Å². The van der Waals surface area contributed by atoms with Crippen molar-refractivity contribution >= 4 is 5.82 Å². The van der Waals surface area contributed by atoms with Crippen molar-refractivity contribution in [2.75, 3.05) is 31.1 Å². The Morgan fingerprint density at radius 3 is 2.55 bits per heavy atom. The van der Waals surface area contributed by atoms with Gasteiger partial charge in [-0.25, -0.2) is 4.98 Å². The Morgan fingerprint density at radius 2 is 1.85 bits per heavy atom. The Balaban J connectivity index is 1.62. The lowest BCUT2D eigenvalue weighted by atomic mass is 9.94. The van der Waals surface area contributed by atoms with Crippen molar-refractivity contribution in [1.29, 1.82) is 5.26 Å². The summed E-state index contributed by atoms with van der Waals surface area (Å²) in [5.74, 6) is 0.860. The smallest absolute Gasteiger partial charge is 0.146 e. The summed E-state index contributed by atoms with van der Waals surface area (Å²) in [6.45, 7) is 4.18. The third-order valence-electron chi connectivity index (χ3n) is 4.61. The maximum absolute atomic E-state index is 9.18. The summed E-state index contributed by atoms with van der Waals surface area (Å²) in [5.41, 5.74) is 0.693. The van der Waals surface area contributed by atoms with Crippen molar-refractivity contribution in [3.63, 3.8) is 0 Å². The molecule has 1 aliphatic carbocycles. The van der Waals surface area contributed by atoms with Crippen LogP contribution in [0.1, 0.15) is 37.7 Å². The number of pyridine rings is 1. The van der Waals surface area contributed by atoms with E-state index in [0.717, 1.165) is 38.0 Å². The second kappa shape index (κ2) is 6.23. The maximum atomic E-state index is 9.18. The van der Waals surface area contributed by atoms with Gasteiger partial charge in [0, 0.05) is 38.4 Å². The summed E-state index contributed by atoms with van der Waals surface area (Å²) in [5, 5.41) is 9.18. The Kier molecular flexibility index (Phi) is 4.17. The van der Waals surface area contributed by atoms with Crippen LogP contribution >= 0.6 is 0 Å². The molecular formula is C16H22N4. The van der Waals surface area contributed by atoms with Crippen LogP contribution in [0.15, 0.2) is 18.3 Å². The minimum atomic E-state index is 0.693. The van der Waals surface area contributed by atoms with Crippen molar-refractivity contribution in [2.24, 2.45) is 0 Å². The molecule has 2 heterocycles. The van der Waals surface area contributed by atoms with Crippen LogP contribution in [0.25, 0.3) is 0 Å². The Hall–Kier alpha value is -1.60. The van der Waals surface area contributed by atoms with Gasteiger partial charge in [-0.15, -0.1) is 0 Å². The first kappa shape index (κ1) is 13.4. The van der Waals surface area contributed by atoms with E-state index in [9.17, 15) is 5.26 Å². The van der Waals surface area contributed by atoms with Crippen LogP contribution in [0.3, 0.4) is 0 Å². The second-order valence-electron chi connectivity index (χ2n) is 5.80. The van der Waals surface area contributed by atoms with Crippen LogP contribution in [0.2, 0.25) is 0 Å². The lowest BCUT2D eigenvalue weighted by molar-refractivity contribution is 0.147. The van der Waals surface area contributed by atoms with Gasteiger partial charge in [-0.05, 0) is 25.0 Å². The maximum Gasteiger partial charge on any atom is 0.146 e. The summed E-state index contributed by atoms with van der Waals surface area (Å²) in [6.07, 6.45) is 8.72. The fraction of sp³-hybridized carbons (Fsp3) is 0.625. The van der Waals surface area contributed by atoms with Gasteiger partial charge in [-0.1, -0.05) is 19.3 Å². The van der Waals surface area contributed by atoms with E-state index in [0.29, 0.717) is 5.56 Å². The van der Waals surface area contributed by atoms with Crippen LogP contribution in [0.4, 0.5) is 5.82 Å². The molecule has 2 fully saturated rings. The van der Waals surface area contributed by atoms with Gasteiger partial charge in [0.15, 0.2) is 0 Å². The molecule has 0 amide bonds. The molecule has 1 aromatic heterocycles. The lowest BCUT2D eigenvalue weighted by Gasteiger charge is -2.41. The van der Waals surface area contributed by atoms with Gasteiger partial charge >= 0.3 is 0 Å². The second-order valence-corrected chi connectivity index (χ2v) is 5.80. The summed E-state index contributed by atoms with van der Waals surface area (Å²) in [6, 6.07) is 6.74. The highest BCUT2D eigenvalue weighted by Crippen LogP contribution is 2.25. The van der Waals surface area contributed by atoms with Crippen LogP contribution in [0.5, 0.6) is 0 Å². The number of rotatable bonds is 2. The molecule has 0 aromatic carbocycles. The van der Waals surface area contributed by atoms with Crippen LogP contribution in [-0.4, -0.2) is 42.1 Å². The zero-order valence-corrected chi connectivity index (χ0v) is 12.0. The average molecular weight is 270 g/mol. The topological polar surface area (TPSA) is 43.2 Å². The number of nitrogens with zero attached hydrogens (tertiary/aromatic N) is 4. The van der Waals surface area contributed by atoms with Crippen molar-refractivity contribution in [1.82, 2.24) is 9.88 Å². The van der Waals surface area contributed by atoms with Crippen LogP contribution in [-0.2, 0) is 0 Å². The summed E-state index contributed by atoms with van der Waals surface area (Å²) in [4.78, 5) is 9.30. The summed E-state index contributed by atoms with van der Waals surface area (Å²) in [7, 11) is 0. The molecule has 4 heteroatoms. The molecule has 1 saturated heterocycles. The molecule has 0 spiro atoms. The number of aromatic nitrogens is 1. The van der Waals surface area contributed by atoms with Gasteiger partial charge in [-0.2, -0.15) is 5.26 Å². The fourth-order valence-corrected chi connectivity index (χ4v) is 3.48. The number of anilines is 1. The minimum absolute atomic E-state index is 0.693. The van der Waals surface area contributed by atoms with Gasteiger partial charge in [0.2, 0.25) is 0 Å². The highest BCUT2D eigenvalue weighted by atomic mass is 15.3. The first-order valence-corrected chi connectivity index (χ1v) is 7.72. The van der Waals surface area contributed by atoms with E-state index >= 15 is 0 Å².